The van der Waals surface area contributed by atoms with Crippen molar-refractivity contribution in [2.45, 2.75) is 211 Å². The molecule has 1 aromatic carbocycles. The Morgan fingerprint density at radius 1 is 0.926 bits per heavy atom. The van der Waals surface area contributed by atoms with Crippen LogP contribution in [0.3, 0.4) is 0 Å². The van der Waals surface area contributed by atoms with E-state index in [0.717, 1.165) is 12.8 Å². The lowest BCUT2D eigenvalue weighted by Gasteiger charge is -2.50. The standard InChI is InChI=1S/C58H91ClN4O18/c1-16-43-58(11,71)50(67)32(5)46(61-75-17-2)30(3)27-56(9,72-14)51(81-55-48(66)42(62(12)13)24-31(4)76-55)33(6)49(34(7)54(70)78-43)80-45-28-57(10,73-15)52(35(8)77-45)79-44(64)20-22-74-23-21-60-40-25-37-41(26-39(40)59)63(36-18-19-36)29-38(47(37)65)53(68)69/h25-26,29-36,42-43,45,48-52,55,60,66-67,71H,16-24,27-28H2,1-15H3,(H,68,69)/b61-46+/t30-,31-,32+,33+,34-,35+,42+,43-,45+,48-,49+,50-,51-,52+,55?,56-,57+,58-/m1/s1. The van der Waals surface area contributed by atoms with Crippen LogP contribution in [0.4, 0.5) is 5.69 Å². The number of likely N-dealkylation sites (N-methyl/N-ethyl adjacent to an activating group) is 1. The first-order valence-electron chi connectivity index (χ1n) is 28.6. The number of aromatic carboxylic acids is 1. The highest BCUT2D eigenvalue weighted by molar-refractivity contribution is 6.34. The molecule has 1 unspecified atom stereocenters. The van der Waals surface area contributed by atoms with Crippen LogP contribution < -0.4 is 10.7 Å². The summed E-state index contributed by atoms with van der Waals surface area (Å²) in [4.78, 5) is 60.9. The van der Waals surface area contributed by atoms with Crippen molar-refractivity contribution in [1.29, 1.82) is 0 Å². The van der Waals surface area contributed by atoms with Gasteiger partial charge in [-0.1, -0.05) is 44.5 Å². The highest BCUT2D eigenvalue weighted by Gasteiger charge is 2.55. The lowest BCUT2D eigenvalue weighted by Crippen LogP contribution is -2.61. The summed E-state index contributed by atoms with van der Waals surface area (Å²) in [5.41, 5.74) is -3.91. The molecule has 458 valence electrons. The monoisotopic (exact) mass is 1170 g/mol. The van der Waals surface area contributed by atoms with Gasteiger partial charge in [-0.25, -0.2) is 4.79 Å². The van der Waals surface area contributed by atoms with Gasteiger partial charge in [-0.3, -0.25) is 14.4 Å². The molecule has 18 atom stereocenters. The summed E-state index contributed by atoms with van der Waals surface area (Å²) >= 11 is 6.63. The van der Waals surface area contributed by atoms with E-state index in [-0.39, 0.29) is 81.2 Å². The van der Waals surface area contributed by atoms with Gasteiger partial charge in [-0.15, -0.1) is 0 Å². The van der Waals surface area contributed by atoms with Gasteiger partial charge in [0.15, 0.2) is 18.7 Å². The van der Waals surface area contributed by atoms with Crippen molar-refractivity contribution < 1.29 is 82.3 Å². The molecular formula is C58H91ClN4O18. The highest BCUT2D eigenvalue weighted by Crippen LogP contribution is 2.43. The number of aromatic nitrogens is 1. The third-order valence-corrected chi connectivity index (χ3v) is 17.4. The van der Waals surface area contributed by atoms with Gasteiger partial charge in [0.25, 0.3) is 0 Å². The van der Waals surface area contributed by atoms with Crippen LogP contribution in [0.5, 0.6) is 0 Å². The fourth-order valence-electron chi connectivity index (χ4n) is 12.1. The first-order chi connectivity index (χ1) is 38.1. The number of benzene rings is 1. The van der Waals surface area contributed by atoms with Gasteiger partial charge >= 0.3 is 17.9 Å². The van der Waals surface area contributed by atoms with Crippen molar-refractivity contribution in [2.24, 2.45) is 28.8 Å². The molecule has 0 spiro atoms. The van der Waals surface area contributed by atoms with E-state index in [1.54, 1.807) is 65.4 Å². The third kappa shape index (κ3) is 15.1. The van der Waals surface area contributed by atoms with Crippen LogP contribution in [0.2, 0.25) is 5.02 Å². The number of hydrogen-bond acceptors (Lipinski definition) is 20. The maximum Gasteiger partial charge on any atom is 0.341 e. The summed E-state index contributed by atoms with van der Waals surface area (Å²) in [6, 6.07) is 2.98. The number of methoxy groups -OCH3 is 2. The van der Waals surface area contributed by atoms with Gasteiger partial charge in [0.05, 0.1) is 83.6 Å². The Hall–Kier alpha value is -4.04. The minimum absolute atomic E-state index is 0.00202. The first kappa shape index (κ1) is 66.1. The number of carboxylic acid groups (broad SMARTS) is 1. The number of halogens is 1. The number of hydrogen-bond donors (Lipinski definition) is 5. The van der Waals surface area contributed by atoms with Gasteiger partial charge < -0.3 is 82.7 Å². The van der Waals surface area contributed by atoms with Crippen molar-refractivity contribution in [2.75, 3.05) is 60.0 Å². The van der Waals surface area contributed by atoms with Gasteiger partial charge in [0.1, 0.15) is 35.6 Å². The van der Waals surface area contributed by atoms with Crippen molar-refractivity contribution in [1.82, 2.24) is 9.47 Å². The minimum atomic E-state index is -1.96. The van der Waals surface area contributed by atoms with Gasteiger partial charge in [-0.2, -0.15) is 0 Å². The lowest BCUT2D eigenvalue weighted by atomic mass is 9.73. The number of rotatable bonds is 20. The van der Waals surface area contributed by atoms with Crippen LogP contribution in [0.1, 0.15) is 138 Å². The number of esters is 2. The molecule has 4 fully saturated rings. The number of carboxylic acids is 1. The predicted molar refractivity (Wildman–Crippen MR) is 301 cm³/mol. The topological polar surface area (TPSA) is 274 Å². The molecule has 22 nitrogen and oxygen atoms in total. The molecule has 3 aliphatic heterocycles. The lowest BCUT2D eigenvalue weighted by molar-refractivity contribution is -0.320. The van der Waals surface area contributed by atoms with Crippen LogP contribution in [0.25, 0.3) is 10.9 Å². The van der Waals surface area contributed by atoms with Crippen molar-refractivity contribution >= 4 is 51.8 Å². The number of ether oxygens (including phenoxy) is 9. The molecule has 81 heavy (non-hydrogen) atoms. The van der Waals surface area contributed by atoms with E-state index >= 15 is 0 Å². The van der Waals surface area contributed by atoms with E-state index in [0.29, 0.717) is 28.4 Å². The third-order valence-electron chi connectivity index (χ3n) is 17.1. The molecule has 5 N–H and O–H groups in total. The zero-order valence-corrected chi connectivity index (χ0v) is 50.7. The van der Waals surface area contributed by atoms with Crippen LogP contribution >= 0.6 is 11.6 Å². The summed E-state index contributed by atoms with van der Waals surface area (Å²) in [5.74, 6) is -5.77. The SMILES string of the molecule is CCO/N=C1\[C@H](C)C[C@@](C)(OC)[C@H](OC2O[C@H](C)C[C@H](N(C)C)[C@H]2O)[C@@H](C)[C@H](O[C@H]2C[C@](C)(OC)[C@@H](OC(=O)CCOCCNc3cc4c(=O)c(C(=O)O)cn(C5CC5)c4cc3Cl)[C@H](C)O2)[C@@H](C)C(=O)O[C@H](CC)[C@@](C)(O)[C@H](O)[C@H]1C. The number of carbonyl (C=O) groups is 3. The Labute approximate surface area is 481 Å². The molecule has 0 bridgehead atoms. The molecule has 2 aromatic rings. The molecule has 0 amide bonds. The molecule has 3 saturated heterocycles. The predicted octanol–water partition coefficient (Wildman–Crippen LogP) is 6.33. The number of nitrogens with one attached hydrogen (secondary N) is 1. The second kappa shape index (κ2) is 27.8. The number of nitrogens with zero attached hydrogens (tertiary/aromatic N) is 3. The highest BCUT2D eigenvalue weighted by atomic mass is 35.5. The van der Waals surface area contributed by atoms with Crippen molar-refractivity contribution in [3.05, 3.63) is 39.1 Å². The van der Waals surface area contributed by atoms with Crippen LogP contribution in [0, 0.1) is 23.7 Å². The van der Waals surface area contributed by atoms with Gasteiger partial charge in [-0.05, 0) is 107 Å². The molecule has 1 aromatic heterocycles. The molecule has 1 aliphatic carbocycles. The van der Waals surface area contributed by atoms with Crippen molar-refractivity contribution in [3.63, 3.8) is 0 Å². The summed E-state index contributed by atoms with van der Waals surface area (Å²) in [6.07, 6.45) is -6.23. The Bertz CT molecular complexity index is 2560. The molecule has 4 heterocycles. The normalized spacial score (nSPS) is 37.0. The van der Waals surface area contributed by atoms with Crippen LogP contribution in [-0.2, 0) is 57.1 Å². The van der Waals surface area contributed by atoms with Crippen LogP contribution in [-0.4, -0.2) is 192 Å². The number of aliphatic hydroxyl groups excluding tert-OH is 2. The number of anilines is 1. The molecule has 0 radical (unpaired) electrons. The first-order valence-corrected chi connectivity index (χ1v) is 28.9. The number of fused-ring (bicyclic) bond motifs is 1. The van der Waals surface area contributed by atoms with E-state index in [1.165, 1.54) is 20.2 Å². The van der Waals surface area contributed by atoms with E-state index in [2.05, 4.69) is 10.5 Å². The second-order valence-electron chi connectivity index (χ2n) is 23.6. The average Bonchev–Trinajstić information content (AvgIpc) is 4.46. The summed E-state index contributed by atoms with van der Waals surface area (Å²) in [6.45, 7) is 20.0. The molecular weight excluding hydrogens is 1080 g/mol. The Kier molecular flexibility index (Phi) is 22.7. The Morgan fingerprint density at radius 3 is 2.20 bits per heavy atom. The Balaban J connectivity index is 1.21. The Morgan fingerprint density at radius 2 is 1.59 bits per heavy atom. The molecule has 1 saturated carbocycles. The zero-order valence-electron chi connectivity index (χ0n) is 50.0. The van der Waals surface area contributed by atoms with Crippen LogP contribution in [0.15, 0.2) is 28.3 Å². The number of pyridine rings is 1. The minimum Gasteiger partial charge on any atom is -0.477 e. The smallest absolute Gasteiger partial charge is 0.341 e. The van der Waals surface area contributed by atoms with Gasteiger partial charge in [0.2, 0.25) is 5.43 Å². The summed E-state index contributed by atoms with van der Waals surface area (Å²) in [5, 5.41) is 54.0. The number of aliphatic hydroxyl groups is 3. The molecule has 6 rings (SSSR count). The van der Waals surface area contributed by atoms with Gasteiger partial charge in [0, 0.05) is 68.6 Å². The molecule has 23 heteroatoms. The number of carbonyl (C=O) groups excluding carboxylic acids is 2. The largest absolute Gasteiger partial charge is 0.477 e. The van der Waals surface area contributed by atoms with Crippen molar-refractivity contribution in [3.8, 4) is 0 Å². The maximum absolute atomic E-state index is 14.7. The maximum atomic E-state index is 14.7. The quantitative estimate of drug-likeness (QED) is 0.0550. The zero-order chi connectivity index (χ0) is 60.1. The van der Waals surface area contributed by atoms with E-state index in [9.17, 15) is 39.6 Å². The van der Waals surface area contributed by atoms with E-state index in [4.69, 9.17) is 59.1 Å². The fourth-order valence-corrected chi connectivity index (χ4v) is 12.4. The fraction of sp³-hybridized carbons (Fsp3) is 0.776. The van der Waals surface area contributed by atoms with E-state index < -0.39 is 119 Å². The average molecular weight is 1170 g/mol. The number of cyclic esters (lactones) is 1. The second-order valence-corrected chi connectivity index (χ2v) is 24.0. The molecule has 4 aliphatic rings. The summed E-state index contributed by atoms with van der Waals surface area (Å²) in [7, 11) is 6.80. The summed E-state index contributed by atoms with van der Waals surface area (Å²) < 4.78 is 59.4. The van der Waals surface area contributed by atoms with E-state index in [1.807, 2.05) is 46.7 Å². The number of oxime groups is 1.